The van der Waals surface area contributed by atoms with Crippen LogP contribution >= 0.6 is 11.3 Å². The molecule has 1 amide bonds. The second-order valence-corrected chi connectivity index (χ2v) is 7.33. The first-order chi connectivity index (χ1) is 12.2. The Morgan fingerprint density at radius 2 is 1.96 bits per heavy atom. The number of ether oxygens (including phenoxy) is 1. The number of halogens is 1. The molecule has 1 aliphatic carbocycles. The van der Waals surface area contributed by atoms with Gasteiger partial charge in [0.1, 0.15) is 18.2 Å². The van der Waals surface area contributed by atoms with E-state index in [4.69, 9.17) is 4.74 Å². The van der Waals surface area contributed by atoms with Gasteiger partial charge in [-0.25, -0.2) is 4.39 Å². The van der Waals surface area contributed by atoms with Crippen molar-refractivity contribution in [3.05, 3.63) is 64.8 Å². The highest BCUT2D eigenvalue weighted by atomic mass is 32.1. The van der Waals surface area contributed by atoms with Gasteiger partial charge in [0.2, 0.25) is 0 Å². The lowest BCUT2D eigenvalue weighted by Gasteiger charge is -2.09. The third-order valence-electron chi connectivity index (χ3n) is 4.34. The van der Waals surface area contributed by atoms with Crippen LogP contribution in [0.25, 0.3) is 10.1 Å². The first-order valence-corrected chi connectivity index (χ1v) is 9.20. The van der Waals surface area contributed by atoms with E-state index in [1.54, 1.807) is 6.07 Å². The zero-order chi connectivity index (χ0) is 17.2. The number of hydrogen-bond donors (Lipinski definition) is 1. The molecule has 128 valence electrons. The summed E-state index contributed by atoms with van der Waals surface area (Å²) in [6, 6.07) is 14.3. The molecule has 1 aliphatic rings. The van der Waals surface area contributed by atoms with Gasteiger partial charge in [0.15, 0.2) is 0 Å². The second-order valence-electron chi connectivity index (χ2n) is 6.28. The Kier molecular flexibility index (Phi) is 4.40. The molecule has 0 bridgehead atoms. The van der Waals surface area contributed by atoms with Crippen molar-refractivity contribution < 1.29 is 13.9 Å². The van der Waals surface area contributed by atoms with E-state index in [-0.39, 0.29) is 18.3 Å². The molecule has 0 radical (unpaired) electrons. The fourth-order valence-electron chi connectivity index (χ4n) is 2.80. The number of benzene rings is 2. The van der Waals surface area contributed by atoms with Crippen LogP contribution in [0.15, 0.2) is 48.5 Å². The van der Waals surface area contributed by atoms with E-state index in [1.165, 1.54) is 30.2 Å². The van der Waals surface area contributed by atoms with E-state index >= 15 is 0 Å². The van der Waals surface area contributed by atoms with Gasteiger partial charge in [-0.2, -0.15) is 0 Å². The third kappa shape index (κ3) is 3.51. The average Bonchev–Trinajstić information content (AvgIpc) is 3.38. The van der Waals surface area contributed by atoms with Gasteiger partial charge in [0.05, 0.1) is 4.88 Å². The first-order valence-electron chi connectivity index (χ1n) is 8.38. The number of rotatable bonds is 6. The van der Waals surface area contributed by atoms with E-state index in [1.807, 2.05) is 36.4 Å². The fraction of sp³-hybridized carbons (Fsp3) is 0.250. The Morgan fingerprint density at radius 1 is 1.16 bits per heavy atom. The molecule has 3 nitrogen and oxygen atoms in total. The Bertz CT molecular complexity index is 903. The van der Waals surface area contributed by atoms with Crippen LogP contribution in [0.2, 0.25) is 0 Å². The number of nitrogens with one attached hydrogen (secondary N) is 1. The predicted molar refractivity (Wildman–Crippen MR) is 97.6 cm³/mol. The summed E-state index contributed by atoms with van der Waals surface area (Å²) in [6.07, 6.45) is 2.34. The van der Waals surface area contributed by atoms with Crippen LogP contribution in [0.1, 0.15) is 28.1 Å². The van der Waals surface area contributed by atoms with Crippen LogP contribution < -0.4 is 10.1 Å². The van der Waals surface area contributed by atoms with Gasteiger partial charge in [-0.3, -0.25) is 4.79 Å². The topological polar surface area (TPSA) is 38.3 Å². The minimum absolute atomic E-state index is 0.140. The minimum Gasteiger partial charge on any atom is -0.489 e. The molecule has 4 rings (SSSR count). The fourth-order valence-corrected chi connectivity index (χ4v) is 3.94. The quantitative estimate of drug-likeness (QED) is 0.692. The van der Waals surface area contributed by atoms with Crippen LogP contribution in [-0.4, -0.2) is 12.5 Å². The molecule has 1 saturated carbocycles. The van der Waals surface area contributed by atoms with Crippen LogP contribution in [0, 0.1) is 11.7 Å². The minimum atomic E-state index is -0.318. The number of fused-ring (bicyclic) bond motifs is 1. The maximum absolute atomic E-state index is 14.4. The van der Waals surface area contributed by atoms with Gasteiger partial charge in [-0.15, -0.1) is 11.3 Å². The number of thiophene rings is 1. The number of amides is 1. The zero-order valence-electron chi connectivity index (χ0n) is 13.6. The molecular weight excluding hydrogens is 337 g/mol. The predicted octanol–water partition coefficient (Wildman–Crippen LogP) is 4.76. The summed E-state index contributed by atoms with van der Waals surface area (Å²) in [5.41, 5.74) is 0.621. The van der Waals surface area contributed by atoms with Gasteiger partial charge >= 0.3 is 0 Å². The maximum atomic E-state index is 14.4. The molecule has 2 aromatic carbocycles. The summed E-state index contributed by atoms with van der Waals surface area (Å²) in [5.74, 6) is 0.836. The Morgan fingerprint density at radius 3 is 2.72 bits per heavy atom. The molecule has 1 heterocycles. The molecule has 1 aromatic heterocycles. The van der Waals surface area contributed by atoms with Crippen molar-refractivity contribution in [3.63, 3.8) is 0 Å². The van der Waals surface area contributed by atoms with E-state index in [0.717, 1.165) is 4.70 Å². The molecule has 0 aliphatic heterocycles. The summed E-state index contributed by atoms with van der Waals surface area (Å²) in [6.45, 7) is 0.853. The lowest BCUT2D eigenvalue weighted by molar-refractivity contribution is 0.0953. The normalized spacial score (nSPS) is 13.8. The molecule has 0 unspecified atom stereocenters. The summed E-state index contributed by atoms with van der Waals surface area (Å²) in [7, 11) is 0. The number of hydrogen-bond acceptors (Lipinski definition) is 3. The summed E-state index contributed by atoms with van der Waals surface area (Å²) < 4.78 is 21.0. The smallest absolute Gasteiger partial charge is 0.261 e. The van der Waals surface area contributed by atoms with Gasteiger partial charge in [0.25, 0.3) is 5.91 Å². The van der Waals surface area contributed by atoms with Gasteiger partial charge in [-0.05, 0) is 43.0 Å². The monoisotopic (exact) mass is 355 g/mol. The van der Waals surface area contributed by atoms with Crippen molar-refractivity contribution in [1.82, 2.24) is 5.32 Å². The van der Waals surface area contributed by atoms with E-state index in [0.29, 0.717) is 34.0 Å². The highest BCUT2D eigenvalue weighted by molar-refractivity contribution is 7.21. The molecular formula is C20H18FNO2S. The van der Waals surface area contributed by atoms with E-state index in [9.17, 15) is 9.18 Å². The summed E-state index contributed by atoms with van der Waals surface area (Å²) in [4.78, 5) is 13.1. The van der Waals surface area contributed by atoms with Gasteiger partial charge < -0.3 is 10.1 Å². The lowest BCUT2D eigenvalue weighted by Crippen LogP contribution is -2.25. The molecule has 0 saturated heterocycles. The average molecular weight is 355 g/mol. The molecule has 1 N–H and O–H groups in total. The van der Waals surface area contributed by atoms with Gasteiger partial charge in [-0.1, -0.05) is 24.3 Å². The van der Waals surface area contributed by atoms with Crippen molar-refractivity contribution in [1.29, 1.82) is 0 Å². The van der Waals surface area contributed by atoms with Crippen molar-refractivity contribution in [2.45, 2.75) is 19.4 Å². The van der Waals surface area contributed by atoms with Crippen LogP contribution in [0.5, 0.6) is 5.75 Å². The van der Waals surface area contributed by atoms with Crippen molar-refractivity contribution in [2.24, 2.45) is 5.92 Å². The van der Waals surface area contributed by atoms with Crippen LogP contribution in [-0.2, 0) is 6.61 Å². The third-order valence-corrected chi connectivity index (χ3v) is 5.54. The van der Waals surface area contributed by atoms with Gasteiger partial charge in [0, 0.05) is 22.2 Å². The Balaban J connectivity index is 1.65. The summed E-state index contributed by atoms with van der Waals surface area (Å²) in [5, 5.41) is 3.46. The molecule has 25 heavy (non-hydrogen) atoms. The number of carbonyl (C=O) groups is 1. The van der Waals surface area contributed by atoms with E-state index < -0.39 is 0 Å². The maximum Gasteiger partial charge on any atom is 0.261 e. The van der Waals surface area contributed by atoms with Crippen molar-refractivity contribution >= 4 is 27.3 Å². The standard InChI is InChI=1S/C20H18FNO2S/c21-16-7-4-8-17-18(16)15(12-24-14-5-2-1-3-6-14)19(25-17)20(23)22-11-13-9-10-13/h1-8,13H,9-12H2,(H,22,23). The number of para-hydroxylation sites is 1. The first kappa shape index (κ1) is 16.1. The van der Waals surface area contributed by atoms with Crippen LogP contribution in [0.3, 0.4) is 0 Å². The molecule has 0 spiro atoms. The zero-order valence-corrected chi connectivity index (χ0v) is 14.4. The largest absolute Gasteiger partial charge is 0.489 e. The molecule has 1 fully saturated rings. The summed E-state index contributed by atoms with van der Waals surface area (Å²) >= 11 is 1.32. The SMILES string of the molecule is O=C(NCC1CC1)c1sc2cccc(F)c2c1COc1ccccc1. The second kappa shape index (κ2) is 6.84. The molecule has 5 heteroatoms. The highest BCUT2D eigenvalue weighted by Gasteiger charge is 2.25. The van der Waals surface area contributed by atoms with Crippen LogP contribution in [0.4, 0.5) is 4.39 Å². The Labute approximate surface area is 149 Å². The Hall–Kier alpha value is -2.40. The van der Waals surface area contributed by atoms with Crippen molar-refractivity contribution in [3.8, 4) is 5.75 Å². The lowest BCUT2D eigenvalue weighted by atomic mass is 10.1. The highest BCUT2D eigenvalue weighted by Crippen LogP contribution is 2.34. The molecule has 3 aromatic rings. The van der Waals surface area contributed by atoms with E-state index in [2.05, 4.69) is 5.32 Å². The molecule has 0 atom stereocenters. The van der Waals surface area contributed by atoms with Crippen molar-refractivity contribution in [2.75, 3.05) is 6.54 Å². The number of carbonyl (C=O) groups excluding carboxylic acids is 1.